The fraction of sp³-hybridized carbons (Fsp3) is 0.250. The third kappa shape index (κ3) is 5.70. The number of carboxylic acids is 1. The van der Waals surface area contributed by atoms with Crippen LogP contribution >= 0.6 is 0 Å². The van der Waals surface area contributed by atoms with Gasteiger partial charge in [-0.25, -0.2) is 24.0 Å². The Kier molecular flexibility index (Phi) is 18.5. The molecule has 0 aromatic rings. The van der Waals surface area contributed by atoms with Crippen LogP contribution in [0.25, 0.3) is 18.0 Å². The van der Waals surface area contributed by atoms with Gasteiger partial charge in [-0.3, -0.25) is 14.5 Å². The van der Waals surface area contributed by atoms with Crippen LogP contribution in [-0.2, 0) is 118 Å². The Hall–Kier alpha value is -1.71. The molecule has 2 aliphatic rings. The topological polar surface area (TPSA) is 279 Å². The molecule has 2 heterocycles. The third-order valence-corrected chi connectivity index (χ3v) is 3.07. The number of likely N-dealkylation sites (N-methyl/N-ethyl adjacent to an activating group) is 1. The average Bonchev–Trinajstić information content (AvgIpc) is 2.51. The number of esters is 4. The van der Waals surface area contributed by atoms with Crippen molar-refractivity contribution in [2.75, 3.05) is 7.05 Å². The smallest absolute Gasteiger partial charge is 0.377 e. The summed E-state index contributed by atoms with van der Waals surface area (Å²) in [6.45, 7) is -0.319. The van der Waals surface area contributed by atoms with Crippen molar-refractivity contribution in [1.82, 2.24) is 4.90 Å². The van der Waals surface area contributed by atoms with Crippen LogP contribution < -0.4 is 0 Å². The van der Waals surface area contributed by atoms with Gasteiger partial charge in [0.05, 0.1) is 0 Å². The number of rotatable bonds is 6. The van der Waals surface area contributed by atoms with Crippen molar-refractivity contribution in [1.29, 1.82) is 0 Å². The maximum atomic E-state index is 10.7. The summed E-state index contributed by atoms with van der Waals surface area (Å²) in [5, 5.41) is 8.60. The molecule has 0 aromatic carbocycles. The third-order valence-electron chi connectivity index (χ3n) is 3.07. The second-order valence-corrected chi connectivity index (χ2v) is 4.31. The molecular formula is C12H14N4O12Y2-4. The minimum Gasteiger partial charge on any atom is -0.693 e. The first-order chi connectivity index (χ1) is 11.5. The Balaban J connectivity index is -0.000000120. The van der Waals surface area contributed by atoms with Gasteiger partial charge in [-0.05, 0) is 0 Å². The molecule has 0 aliphatic carbocycles. The van der Waals surface area contributed by atoms with E-state index in [0.29, 0.717) is 0 Å². The molecule has 1 atom stereocenters. The van der Waals surface area contributed by atoms with Gasteiger partial charge in [-0.2, -0.15) is 0 Å². The summed E-state index contributed by atoms with van der Waals surface area (Å²) in [7, 11) is 0.900. The fourth-order valence-corrected chi connectivity index (χ4v) is 1.62. The monoisotopic (exact) mass is 584 g/mol. The Morgan fingerprint density at radius 3 is 1.50 bits per heavy atom. The molecule has 30 heavy (non-hydrogen) atoms. The van der Waals surface area contributed by atoms with E-state index in [9.17, 15) is 38.4 Å². The van der Waals surface area contributed by atoms with Gasteiger partial charge in [0.2, 0.25) is 6.41 Å². The van der Waals surface area contributed by atoms with E-state index in [1.165, 1.54) is 0 Å². The van der Waals surface area contributed by atoms with Gasteiger partial charge >= 0.3 is 41.0 Å². The minimum atomic E-state index is -2.90. The number of nitrogens with two attached hydrogens (primary N) is 2. The molecule has 2 amide bonds. The van der Waals surface area contributed by atoms with Gasteiger partial charge in [0.15, 0.2) is 0 Å². The number of amides is 2. The number of nitrogens with zero attached hydrogens (tertiary/aromatic N) is 1. The summed E-state index contributed by atoms with van der Waals surface area (Å²) in [6, 6.07) is 0. The second-order valence-electron chi connectivity index (χ2n) is 4.31. The van der Waals surface area contributed by atoms with E-state index in [0.717, 1.165) is 7.05 Å². The van der Waals surface area contributed by atoms with Crippen molar-refractivity contribution in [3.8, 4) is 0 Å². The average molecular weight is 584 g/mol. The number of aliphatic carboxylic acids is 1. The van der Waals surface area contributed by atoms with Crippen molar-refractivity contribution in [2.45, 2.75) is 5.72 Å². The van der Waals surface area contributed by atoms with Gasteiger partial charge in [-0.15, -0.1) is 0 Å². The predicted octanol–water partition coefficient (Wildman–Crippen LogP) is -1.37. The van der Waals surface area contributed by atoms with Crippen LogP contribution in [0, 0.1) is 12.8 Å². The number of carbonyl (C=O) groups excluding carboxylic acids is 7. The van der Waals surface area contributed by atoms with E-state index in [2.05, 4.69) is 14.2 Å². The molecule has 1 unspecified atom stereocenters. The number of hydrogen-bond acceptors (Lipinski definition) is 11. The summed E-state index contributed by atoms with van der Waals surface area (Å²) in [5.41, 5.74) is 1.52. The molecule has 2 rings (SSSR count). The van der Waals surface area contributed by atoms with Crippen LogP contribution in [0.3, 0.4) is 0 Å². The van der Waals surface area contributed by atoms with Crippen LogP contribution in [0.2, 0.25) is 0 Å². The fourth-order valence-electron chi connectivity index (χ4n) is 1.62. The van der Waals surface area contributed by atoms with Crippen LogP contribution in [-0.4, -0.2) is 71.4 Å². The Morgan fingerprint density at radius 1 is 1.03 bits per heavy atom. The van der Waals surface area contributed by atoms with E-state index < -0.39 is 46.9 Å². The molecule has 2 radical (unpaired) electrons. The molecule has 2 fully saturated rings. The summed E-state index contributed by atoms with van der Waals surface area (Å²) in [6.07, 6.45) is -0.0376. The zero-order valence-electron chi connectivity index (χ0n) is 15.3. The zero-order valence-corrected chi connectivity index (χ0v) is 21.0. The number of nitrogens with one attached hydrogen (secondary N) is 1. The van der Waals surface area contributed by atoms with Crippen molar-refractivity contribution >= 4 is 48.6 Å². The molecule has 6 N–H and O–H groups in total. The molecular weight excluding hydrogens is 570 g/mol. The first kappa shape index (κ1) is 38.8. The largest absolute Gasteiger partial charge is 0.693 e. The van der Waals surface area contributed by atoms with Crippen LogP contribution in [0.5, 0.6) is 0 Å². The van der Waals surface area contributed by atoms with Crippen molar-refractivity contribution in [2.24, 2.45) is 5.41 Å². The summed E-state index contributed by atoms with van der Waals surface area (Å²) in [4.78, 5) is 83.9. The number of cyclic esters (lactones) is 4. The van der Waals surface area contributed by atoms with E-state index in [1.54, 1.807) is 0 Å². The Bertz CT molecular complexity index is 650. The van der Waals surface area contributed by atoms with Gasteiger partial charge in [-0.1, -0.05) is 0 Å². The first-order valence-corrected chi connectivity index (χ1v) is 5.86. The van der Waals surface area contributed by atoms with Gasteiger partial charge in [0.25, 0.3) is 6.47 Å². The molecule has 0 bridgehead atoms. The number of carboxylic acid groups (broad SMARTS) is 1. The van der Waals surface area contributed by atoms with E-state index >= 15 is 0 Å². The molecule has 164 valence electrons. The minimum absolute atomic E-state index is 0. The van der Waals surface area contributed by atoms with Crippen molar-refractivity contribution < 1.29 is 123 Å². The van der Waals surface area contributed by atoms with Crippen LogP contribution in [0.15, 0.2) is 0 Å². The number of hydrogen-bond donors (Lipinski definition) is 1. The normalized spacial score (nSPS) is 15.6. The van der Waals surface area contributed by atoms with Gasteiger partial charge in [0.1, 0.15) is 5.91 Å². The predicted molar refractivity (Wildman–Crippen MR) is 82.3 cm³/mol. The molecule has 0 saturated carbocycles. The number of carbonyl (C=O) groups is 8. The molecule has 2 aliphatic heterocycles. The van der Waals surface area contributed by atoms with E-state index in [-0.39, 0.29) is 103 Å². The molecule has 2 saturated heterocycles. The van der Waals surface area contributed by atoms with E-state index in [4.69, 9.17) is 10.8 Å². The molecule has 16 nitrogen and oxygen atoms in total. The molecule has 0 aromatic heterocycles. The standard InChI is InChI=1S/C6H8N2O6.C5O6.CH3.2H2N.2Y/c1-8(2-9)6(4(7)11,5(12)13)14-3-10;6-1-5(2(7)10-1)3(8)11-4(5)9;;;;;/h2-3H,1H3,(H3,7,11,12,13);;1H3;2*1H2;;/q;;3*-1;;/p-1. The van der Waals surface area contributed by atoms with Crippen molar-refractivity contribution in [3.05, 3.63) is 25.5 Å². The van der Waals surface area contributed by atoms with Crippen LogP contribution in [0.1, 0.15) is 0 Å². The van der Waals surface area contributed by atoms with Crippen LogP contribution in [0.4, 0.5) is 0 Å². The Morgan fingerprint density at radius 2 is 1.37 bits per heavy atom. The zero-order chi connectivity index (χ0) is 19.6. The maximum Gasteiger partial charge on any atom is 0.377 e. The second kappa shape index (κ2) is 14.3. The van der Waals surface area contributed by atoms with Crippen molar-refractivity contribution in [3.63, 3.8) is 0 Å². The summed E-state index contributed by atoms with van der Waals surface area (Å²) >= 11 is 0. The maximum absolute atomic E-state index is 10.7. The van der Waals surface area contributed by atoms with Gasteiger partial charge in [0, 0.05) is 72.5 Å². The SMILES string of the molecule is CN(C=O)C(OC=O)(C([NH-])=O)C(=O)O.O=C1OC(=O)C12C(=O)OC2=O.[CH3-].[NH2-].[NH2-].[Y].[Y]. The quantitative estimate of drug-likeness (QED) is 0.0945. The Labute approximate surface area is 218 Å². The van der Waals surface area contributed by atoms with E-state index in [1.807, 2.05) is 0 Å². The number of ether oxygens (including phenoxy) is 3. The molecule has 18 heteroatoms. The summed E-state index contributed by atoms with van der Waals surface area (Å²) < 4.78 is 11.7. The molecule has 1 spiro atoms. The summed E-state index contributed by atoms with van der Waals surface area (Å²) in [5.74, 6) is -8.19. The first-order valence-electron chi connectivity index (χ1n) is 5.86. The van der Waals surface area contributed by atoms with Gasteiger partial charge < -0.3 is 49.6 Å².